The first-order chi connectivity index (χ1) is 17.0. The van der Waals surface area contributed by atoms with Crippen LogP contribution in [-0.2, 0) is 22.4 Å². The summed E-state index contributed by atoms with van der Waals surface area (Å²) >= 11 is 0. The zero-order chi connectivity index (χ0) is 25.0. The van der Waals surface area contributed by atoms with Gasteiger partial charge in [0.1, 0.15) is 12.4 Å². The number of carbonyl (C=O) groups excluding carboxylic acids is 1. The molecule has 35 heavy (non-hydrogen) atoms. The van der Waals surface area contributed by atoms with Crippen LogP contribution in [0.3, 0.4) is 0 Å². The van der Waals surface area contributed by atoms with Gasteiger partial charge in [-0.05, 0) is 65.3 Å². The molecule has 0 radical (unpaired) electrons. The molecule has 0 heterocycles. The van der Waals surface area contributed by atoms with Crippen molar-refractivity contribution in [2.45, 2.75) is 46.0 Å². The summed E-state index contributed by atoms with van der Waals surface area (Å²) in [7, 11) is 0. The first-order valence-corrected chi connectivity index (χ1v) is 12.4. The fourth-order valence-corrected chi connectivity index (χ4v) is 3.93. The van der Waals surface area contributed by atoms with Crippen LogP contribution in [0.25, 0.3) is 22.3 Å². The highest BCUT2D eigenvalue weighted by molar-refractivity contribution is 5.86. The molecular weight excluding hydrogens is 436 g/mol. The van der Waals surface area contributed by atoms with E-state index in [1.165, 1.54) is 36.0 Å². The van der Waals surface area contributed by atoms with Crippen LogP contribution in [0.4, 0.5) is 0 Å². The van der Waals surface area contributed by atoms with Gasteiger partial charge in [0, 0.05) is 12.0 Å². The molecular formula is C31H36O4. The first kappa shape index (κ1) is 26.2. The molecule has 0 amide bonds. The Labute approximate surface area is 209 Å². The standard InChI is InChI=1S/C31H36O4/c1-4-5-6-7-24-8-10-25(11-9-24)26-12-14-27(15-13-26)28-16-17-30(34-21-19-32)29(22-28)18-20-35-31(33)23(2)3/h8-17,22,32H,2,4-7,18-21H2,1,3H3. The molecule has 0 saturated carbocycles. The van der Waals surface area contributed by atoms with Crippen LogP contribution in [0.2, 0.25) is 0 Å². The number of hydrogen-bond acceptors (Lipinski definition) is 4. The van der Waals surface area contributed by atoms with Crippen molar-refractivity contribution in [3.05, 3.63) is 90.0 Å². The molecule has 3 aromatic rings. The lowest BCUT2D eigenvalue weighted by Gasteiger charge is -2.14. The smallest absolute Gasteiger partial charge is 0.333 e. The largest absolute Gasteiger partial charge is 0.491 e. The minimum absolute atomic E-state index is 0.0625. The lowest BCUT2D eigenvalue weighted by Crippen LogP contribution is -2.10. The number of ether oxygens (including phenoxy) is 2. The van der Waals surface area contributed by atoms with Gasteiger partial charge in [-0.1, -0.05) is 80.9 Å². The molecule has 3 rings (SSSR count). The van der Waals surface area contributed by atoms with Crippen molar-refractivity contribution in [3.63, 3.8) is 0 Å². The van der Waals surface area contributed by atoms with Crippen LogP contribution in [0.1, 0.15) is 44.2 Å². The molecule has 0 aliphatic heterocycles. The second-order valence-electron chi connectivity index (χ2n) is 8.79. The third kappa shape index (κ3) is 7.83. The third-order valence-electron chi connectivity index (χ3n) is 5.94. The number of aliphatic hydroxyl groups is 1. The number of aryl methyl sites for hydroxylation is 1. The Bertz CT molecular complexity index is 1100. The van der Waals surface area contributed by atoms with Crippen molar-refractivity contribution < 1.29 is 19.4 Å². The van der Waals surface area contributed by atoms with Crippen LogP contribution in [0.5, 0.6) is 5.75 Å². The Balaban J connectivity index is 1.73. The zero-order valence-corrected chi connectivity index (χ0v) is 20.9. The van der Waals surface area contributed by atoms with Crippen LogP contribution >= 0.6 is 0 Å². The second kappa shape index (κ2) is 13.5. The number of aliphatic hydroxyl groups excluding tert-OH is 1. The summed E-state index contributed by atoms with van der Waals surface area (Å²) in [6.45, 7) is 7.86. The number of benzene rings is 3. The Hall–Kier alpha value is -3.37. The molecule has 0 atom stereocenters. The van der Waals surface area contributed by atoms with Crippen molar-refractivity contribution in [1.82, 2.24) is 0 Å². The van der Waals surface area contributed by atoms with E-state index >= 15 is 0 Å². The molecule has 0 saturated heterocycles. The van der Waals surface area contributed by atoms with E-state index in [1.807, 2.05) is 12.1 Å². The SMILES string of the molecule is C=C(C)C(=O)OCCc1cc(-c2ccc(-c3ccc(CCCCC)cc3)cc2)ccc1OCCO. The van der Waals surface area contributed by atoms with E-state index in [2.05, 4.69) is 68.1 Å². The number of carbonyl (C=O) groups is 1. The normalized spacial score (nSPS) is 10.7. The van der Waals surface area contributed by atoms with Gasteiger partial charge in [0.05, 0.1) is 13.2 Å². The minimum atomic E-state index is -0.399. The Morgan fingerprint density at radius 1 is 0.829 bits per heavy atom. The molecule has 0 aliphatic carbocycles. The quantitative estimate of drug-likeness (QED) is 0.169. The van der Waals surface area contributed by atoms with Crippen LogP contribution < -0.4 is 4.74 Å². The van der Waals surface area contributed by atoms with Gasteiger partial charge in [-0.25, -0.2) is 4.79 Å². The molecule has 3 aromatic carbocycles. The lowest BCUT2D eigenvalue weighted by atomic mass is 9.97. The highest BCUT2D eigenvalue weighted by Crippen LogP contribution is 2.29. The summed E-state index contributed by atoms with van der Waals surface area (Å²) in [6, 6.07) is 23.4. The van der Waals surface area contributed by atoms with Crippen LogP contribution in [0, 0.1) is 0 Å². The summed E-state index contributed by atoms with van der Waals surface area (Å²) in [6.07, 6.45) is 5.41. The van der Waals surface area contributed by atoms with E-state index in [1.54, 1.807) is 6.92 Å². The number of rotatable bonds is 13. The van der Waals surface area contributed by atoms with E-state index in [-0.39, 0.29) is 19.8 Å². The Morgan fingerprint density at radius 3 is 2.03 bits per heavy atom. The molecule has 4 nitrogen and oxygen atoms in total. The van der Waals surface area contributed by atoms with Crippen molar-refractivity contribution >= 4 is 5.97 Å². The molecule has 0 unspecified atom stereocenters. The van der Waals surface area contributed by atoms with E-state index < -0.39 is 5.97 Å². The predicted octanol–water partition coefficient (Wildman–Crippen LogP) is 6.79. The molecule has 1 N–H and O–H groups in total. The average molecular weight is 473 g/mol. The van der Waals surface area contributed by atoms with Crippen molar-refractivity contribution in [2.75, 3.05) is 19.8 Å². The van der Waals surface area contributed by atoms with Crippen LogP contribution in [0.15, 0.2) is 78.9 Å². The molecule has 0 aliphatic rings. The molecule has 0 bridgehead atoms. The molecule has 4 heteroatoms. The monoisotopic (exact) mass is 472 g/mol. The molecule has 0 spiro atoms. The first-order valence-electron chi connectivity index (χ1n) is 12.4. The maximum atomic E-state index is 11.7. The maximum Gasteiger partial charge on any atom is 0.333 e. The summed E-state index contributed by atoms with van der Waals surface area (Å²) in [4.78, 5) is 11.7. The van der Waals surface area contributed by atoms with E-state index in [4.69, 9.17) is 14.6 Å². The van der Waals surface area contributed by atoms with Gasteiger partial charge in [0.15, 0.2) is 0 Å². The summed E-state index contributed by atoms with van der Waals surface area (Å²) < 4.78 is 11.0. The van der Waals surface area contributed by atoms with Gasteiger partial charge in [-0.2, -0.15) is 0 Å². The molecule has 0 fully saturated rings. The van der Waals surface area contributed by atoms with E-state index in [9.17, 15) is 4.79 Å². The molecule has 0 aromatic heterocycles. The molecule has 184 valence electrons. The summed E-state index contributed by atoms with van der Waals surface area (Å²) in [5, 5.41) is 9.14. The maximum absolute atomic E-state index is 11.7. The topological polar surface area (TPSA) is 55.8 Å². The highest BCUT2D eigenvalue weighted by Gasteiger charge is 2.10. The van der Waals surface area contributed by atoms with Gasteiger partial charge < -0.3 is 14.6 Å². The van der Waals surface area contributed by atoms with E-state index in [0.717, 1.165) is 23.1 Å². The number of hydrogen-bond donors (Lipinski definition) is 1. The van der Waals surface area contributed by atoms with E-state index in [0.29, 0.717) is 17.7 Å². The number of esters is 1. The average Bonchev–Trinajstić information content (AvgIpc) is 2.88. The predicted molar refractivity (Wildman–Crippen MR) is 143 cm³/mol. The van der Waals surface area contributed by atoms with Gasteiger partial charge in [-0.3, -0.25) is 0 Å². The minimum Gasteiger partial charge on any atom is -0.491 e. The highest BCUT2D eigenvalue weighted by atomic mass is 16.5. The third-order valence-corrected chi connectivity index (χ3v) is 5.94. The van der Waals surface area contributed by atoms with Gasteiger partial charge >= 0.3 is 5.97 Å². The van der Waals surface area contributed by atoms with Gasteiger partial charge in [0.25, 0.3) is 0 Å². The Kier molecular flexibility index (Phi) is 10.1. The van der Waals surface area contributed by atoms with Crippen molar-refractivity contribution in [2.24, 2.45) is 0 Å². The van der Waals surface area contributed by atoms with Crippen molar-refractivity contribution in [3.8, 4) is 28.0 Å². The zero-order valence-electron chi connectivity index (χ0n) is 20.9. The fraction of sp³-hybridized carbons (Fsp3) is 0.323. The van der Waals surface area contributed by atoms with Gasteiger partial charge in [-0.15, -0.1) is 0 Å². The second-order valence-corrected chi connectivity index (χ2v) is 8.79. The van der Waals surface area contributed by atoms with Crippen molar-refractivity contribution in [1.29, 1.82) is 0 Å². The van der Waals surface area contributed by atoms with Gasteiger partial charge in [0.2, 0.25) is 0 Å². The summed E-state index contributed by atoms with van der Waals surface area (Å²) in [5.41, 5.74) is 7.24. The summed E-state index contributed by atoms with van der Waals surface area (Å²) in [5.74, 6) is 0.286. The lowest BCUT2D eigenvalue weighted by molar-refractivity contribution is -0.138. The fourth-order valence-electron chi connectivity index (χ4n) is 3.93. The Morgan fingerprint density at radius 2 is 1.43 bits per heavy atom. The van der Waals surface area contributed by atoms with Crippen LogP contribution in [-0.4, -0.2) is 30.9 Å². The number of unbranched alkanes of at least 4 members (excludes halogenated alkanes) is 2.